The molecule has 2 N–H and O–H groups in total. The number of benzene rings is 1. The summed E-state index contributed by atoms with van der Waals surface area (Å²) < 4.78 is 5.52. The largest absolute Gasteiger partial charge is 0.398 e. The number of nitrogen functional groups attached to an aromatic ring is 1. The summed E-state index contributed by atoms with van der Waals surface area (Å²) in [7, 11) is 0. The molecule has 0 unspecified atom stereocenters. The second-order valence-electron chi connectivity index (χ2n) is 4.78. The molecule has 1 aromatic rings. The zero-order valence-electron chi connectivity index (χ0n) is 10.8. The second-order valence-corrected chi connectivity index (χ2v) is 4.78. The molecule has 0 radical (unpaired) electrons. The molecule has 90 valence electrons. The third-order valence-corrected chi connectivity index (χ3v) is 2.66. The fraction of sp³-hybridized carbons (Fsp3) is 0.571. The third-order valence-electron chi connectivity index (χ3n) is 2.66. The molecule has 0 atom stereocenters. The number of hydrogen-bond donors (Lipinski definition) is 1. The van der Waals surface area contributed by atoms with Crippen LogP contribution < -0.4 is 5.73 Å². The van der Waals surface area contributed by atoms with Crippen LogP contribution in [0.2, 0.25) is 0 Å². The number of hydrogen-bond acceptors (Lipinski definition) is 2. The Kier molecular flexibility index (Phi) is 4.81. The highest BCUT2D eigenvalue weighted by molar-refractivity contribution is 5.49. The first kappa shape index (κ1) is 13.0. The number of nitrogens with two attached hydrogens (primary N) is 1. The van der Waals surface area contributed by atoms with Gasteiger partial charge in [0, 0.05) is 5.69 Å². The summed E-state index contributed by atoms with van der Waals surface area (Å²) in [6.45, 7) is 9.19. The minimum atomic E-state index is 0.288. The number of anilines is 1. The normalized spacial score (nSPS) is 11.4. The molecule has 0 aromatic heterocycles. The van der Waals surface area contributed by atoms with Gasteiger partial charge in [0.1, 0.15) is 0 Å². The van der Waals surface area contributed by atoms with E-state index in [2.05, 4.69) is 32.0 Å². The SMILES string of the molecule is CC(C)OCCc1ccc(C(C)C)cc1N. The predicted molar refractivity (Wildman–Crippen MR) is 69.7 cm³/mol. The summed E-state index contributed by atoms with van der Waals surface area (Å²) in [4.78, 5) is 0. The predicted octanol–water partition coefficient (Wildman–Crippen LogP) is 3.36. The molecule has 0 spiro atoms. The van der Waals surface area contributed by atoms with Crippen molar-refractivity contribution in [2.45, 2.75) is 46.1 Å². The molecule has 2 heteroatoms. The molecule has 16 heavy (non-hydrogen) atoms. The lowest BCUT2D eigenvalue weighted by molar-refractivity contribution is 0.0814. The quantitative estimate of drug-likeness (QED) is 0.774. The lowest BCUT2D eigenvalue weighted by Gasteiger charge is -2.12. The van der Waals surface area contributed by atoms with Gasteiger partial charge in [-0.15, -0.1) is 0 Å². The van der Waals surface area contributed by atoms with Crippen molar-refractivity contribution in [1.29, 1.82) is 0 Å². The molecule has 0 saturated heterocycles. The van der Waals surface area contributed by atoms with Gasteiger partial charge in [-0.05, 0) is 43.4 Å². The number of rotatable bonds is 5. The molecule has 0 bridgehead atoms. The second kappa shape index (κ2) is 5.90. The van der Waals surface area contributed by atoms with Gasteiger partial charge in [-0.1, -0.05) is 26.0 Å². The minimum absolute atomic E-state index is 0.288. The summed E-state index contributed by atoms with van der Waals surface area (Å²) >= 11 is 0. The van der Waals surface area contributed by atoms with Crippen LogP contribution in [0, 0.1) is 0 Å². The lowest BCUT2D eigenvalue weighted by Crippen LogP contribution is -2.07. The standard InChI is InChI=1S/C14H23NO/c1-10(2)13-6-5-12(14(15)9-13)7-8-16-11(3)4/h5-6,9-11H,7-8,15H2,1-4H3. The van der Waals surface area contributed by atoms with Gasteiger partial charge < -0.3 is 10.5 Å². The van der Waals surface area contributed by atoms with Crippen molar-refractivity contribution in [3.8, 4) is 0 Å². The van der Waals surface area contributed by atoms with E-state index in [1.54, 1.807) is 0 Å². The fourth-order valence-corrected chi connectivity index (χ4v) is 1.60. The Morgan fingerprint density at radius 1 is 1.19 bits per heavy atom. The Bertz CT molecular complexity index is 332. The van der Waals surface area contributed by atoms with Crippen molar-refractivity contribution < 1.29 is 4.74 Å². The van der Waals surface area contributed by atoms with Crippen molar-refractivity contribution in [2.75, 3.05) is 12.3 Å². The average Bonchev–Trinajstić information content (AvgIpc) is 2.19. The summed E-state index contributed by atoms with van der Waals surface area (Å²) in [5, 5.41) is 0. The van der Waals surface area contributed by atoms with Crippen molar-refractivity contribution in [3.05, 3.63) is 29.3 Å². The molecule has 0 fully saturated rings. The zero-order valence-corrected chi connectivity index (χ0v) is 10.8. The molecule has 0 amide bonds. The van der Waals surface area contributed by atoms with Gasteiger partial charge in [-0.3, -0.25) is 0 Å². The van der Waals surface area contributed by atoms with Crippen LogP contribution in [0.4, 0.5) is 5.69 Å². The van der Waals surface area contributed by atoms with Crippen molar-refractivity contribution in [2.24, 2.45) is 0 Å². The van der Waals surface area contributed by atoms with E-state index in [4.69, 9.17) is 10.5 Å². The summed E-state index contributed by atoms with van der Waals surface area (Å²) in [6.07, 6.45) is 1.18. The summed E-state index contributed by atoms with van der Waals surface area (Å²) in [5.74, 6) is 0.531. The van der Waals surface area contributed by atoms with E-state index in [0.717, 1.165) is 18.7 Å². The van der Waals surface area contributed by atoms with E-state index < -0.39 is 0 Å². The maximum absolute atomic E-state index is 6.02. The van der Waals surface area contributed by atoms with Crippen molar-refractivity contribution in [3.63, 3.8) is 0 Å². The van der Waals surface area contributed by atoms with Gasteiger partial charge >= 0.3 is 0 Å². The van der Waals surface area contributed by atoms with Gasteiger partial charge in [0.2, 0.25) is 0 Å². The van der Waals surface area contributed by atoms with Gasteiger partial charge in [-0.2, -0.15) is 0 Å². The van der Waals surface area contributed by atoms with E-state index in [9.17, 15) is 0 Å². The maximum atomic E-state index is 6.02. The first-order valence-electron chi connectivity index (χ1n) is 6.00. The average molecular weight is 221 g/mol. The highest BCUT2D eigenvalue weighted by Crippen LogP contribution is 2.21. The van der Waals surface area contributed by atoms with Crippen molar-refractivity contribution in [1.82, 2.24) is 0 Å². The van der Waals surface area contributed by atoms with E-state index >= 15 is 0 Å². The Balaban J connectivity index is 2.61. The molecule has 0 heterocycles. The van der Waals surface area contributed by atoms with Gasteiger partial charge in [0.15, 0.2) is 0 Å². The van der Waals surface area contributed by atoms with E-state index in [-0.39, 0.29) is 6.10 Å². The minimum Gasteiger partial charge on any atom is -0.398 e. The Labute approximate surface area is 98.8 Å². The highest BCUT2D eigenvalue weighted by Gasteiger charge is 2.04. The maximum Gasteiger partial charge on any atom is 0.0519 e. The zero-order chi connectivity index (χ0) is 12.1. The molecular formula is C14H23NO. The Morgan fingerprint density at radius 2 is 1.88 bits per heavy atom. The van der Waals surface area contributed by atoms with E-state index in [0.29, 0.717) is 5.92 Å². The van der Waals surface area contributed by atoms with Crippen molar-refractivity contribution >= 4 is 5.69 Å². The monoisotopic (exact) mass is 221 g/mol. The van der Waals surface area contributed by atoms with Crippen LogP contribution in [0.25, 0.3) is 0 Å². The van der Waals surface area contributed by atoms with E-state index in [1.165, 1.54) is 11.1 Å². The molecule has 0 aliphatic carbocycles. The molecular weight excluding hydrogens is 198 g/mol. The number of ether oxygens (including phenoxy) is 1. The first-order valence-corrected chi connectivity index (χ1v) is 6.00. The fourth-order valence-electron chi connectivity index (χ4n) is 1.60. The van der Waals surface area contributed by atoms with Crippen LogP contribution in [-0.4, -0.2) is 12.7 Å². The van der Waals surface area contributed by atoms with Gasteiger partial charge in [0.25, 0.3) is 0 Å². The van der Waals surface area contributed by atoms with Crippen LogP contribution in [0.5, 0.6) is 0 Å². The molecule has 1 aromatic carbocycles. The van der Waals surface area contributed by atoms with Crippen LogP contribution in [0.3, 0.4) is 0 Å². The van der Waals surface area contributed by atoms with Gasteiger partial charge in [0.05, 0.1) is 12.7 Å². The highest BCUT2D eigenvalue weighted by atomic mass is 16.5. The molecule has 0 saturated carbocycles. The van der Waals surface area contributed by atoms with Crippen LogP contribution in [0.15, 0.2) is 18.2 Å². The molecule has 0 aliphatic heterocycles. The van der Waals surface area contributed by atoms with Crippen LogP contribution >= 0.6 is 0 Å². The Hall–Kier alpha value is -1.02. The molecule has 2 nitrogen and oxygen atoms in total. The summed E-state index contributed by atoms with van der Waals surface area (Å²) in [6, 6.07) is 6.36. The van der Waals surface area contributed by atoms with Crippen LogP contribution in [-0.2, 0) is 11.2 Å². The van der Waals surface area contributed by atoms with E-state index in [1.807, 2.05) is 13.8 Å². The molecule has 0 aliphatic rings. The van der Waals surface area contributed by atoms with Gasteiger partial charge in [-0.25, -0.2) is 0 Å². The third kappa shape index (κ3) is 3.86. The topological polar surface area (TPSA) is 35.2 Å². The first-order chi connectivity index (χ1) is 7.50. The lowest BCUT2D eigenvalue weighted by atomic mass is 9.99. The molecule has 1 rings (SSSR count). The Morgan fingerprint density at radius 3 is 2.38 bits per heavy atom. The summed E-state index contributed by atoms with van der Waals surface area (Å²) in [5.41, 5.74) is 9.39. The van der Waals surface area contributed by atoms with Crippen LogP contribution in [0.1, 0.15) is 44.7 Å². The smallest absolute Gasteiger partial charge is 0.0519 e.